The molecule has 0 unspecified atom stereocenters. The van der Waals surface area contributed by atoms with Gasteiger partial charge in [-0.15, -0.1) is 0 Å². The molecule has 0 aliphatic carbocycles. The fourth-order valence-corrected chi connectivity index (χ4v) is 1.74. The summed E-state index contributed by atoms with van der Waals surface area (Å²) in [6.45, 7) is 6.10. The van der Waals surface area contributed by atoms with E-state index in [1.54, 1.807) is 0 Å². The number of nitrogen functional groups attached to an aromatic ring is 1. The Morgan fingerprint density at radius 3 is 2.53 bits per heavy atom. The summed E-state index contributed by atoms with van der Waals surface area (Å²) in [7, 11) is 0. The molecule has 1 aromatic heterocycles. The molecule has 0 spiro atoms. The lowest BCUT2D eigenvalue weighted by Gasteiger charge is -2.10. The van der Waals surface area contributed by atoms with E-state index in [1.807, 2.05) is 39.0 Å². The standard InChI is InChI=1S/C12H14BrN3O/c1-12(2,3)11-15-10(17-16-11)8-5-4-7(13)6-9(8)14/h4-6H,14H2,1-3H3. The number of aromatic nitrogens is 2. The molecule has 0 amide bonds. The quantitative estimate of drug-likeness (QED) is 0.819. The number of nitrogens with two attached hydrogens (primary N) is 1. The van der Waals surface area contributed by atoms with Crippen LogP contribution in [0, 0.1) is 0 Å². The molecule has 0 aliphatic rings. The van der Waals surface area contributed by atoms with Crippen molar-refractivity contribution in [3.8, 4) is 11.5 Å². The van der Waals surface area contributed by atoms with E-state index in [2.05, 4.69) is 26.1 Å². The highest BCUT2D eigenvalue weighted by atomic mass is 79.9. The first-order chi connectivity index (χ1) is 7.88. The molecule has 0 saturated carbocycles. The van der Waals surface area contributed by atoms with Crippen LogP contribution in [0.15, 0.2) is 27.2 Å². The second-order valence-electron chi connectivity index (χ2n) is 4.90. The van der Waals surface area contributed by atoms with Gasteiger partial charge >= 0.3 is 0 Å². The van der Waals surface area contributed by atoms with Crippen LogP contribution in [-0.4, -0.2) is 10.1 Å². The minimum absolute atomic E-state index is 0.133. The Hall–Kier alpha value is -1.36. The molecule has 1 aromatic carbocycles. The zero-order valence-electron chi connectivity index (χ0n) is 9.99. The maximum absolute atomic E-state index is 5.91. The third kappa shape index (κ3) is 2.49. The van der Waals surface area contributed by atoms with Crippen LogP contribution in [0.25, 0.3) is 11.5 Å². The molecule has 5 heteroatoms. The van der Waals surface area contributed by atoms with E-state index in [4.69, 9.17) is 10.3 Å². The number of anilines is 1. The number of hydrogen-bond acceptors (Lipinski definition) is 4. The maximum Gasteiger partial charge on any atom is 0.260 e. The molecule has 4 nitrogen and oxygen atoms in total. The third-order valence-electron chi connectivity index (χ3n) is 2.34. The van der Waals surface area contributed by atoms with E-state index in [9.17, 15) is 0 Å². The Labute approximate surface area is 108 Å². The second kappa shape index (κ2) is 4.14. The van der Waals surface area contributed by atoms with Gasteiger partial charge < -0.3 is 10.3 Å². The molecule has 2 aromatic rings. The van der Waals surface area contributed by atoms with Crippen molar-refractivity contribution in [1.29, 1.82) is 0 Å². The molecule has 90 valence electrons. The van der Waals surface area contributed by atoms with Gasteiger partial charge in [0.05, 0.1) is 5.56 Å². The summed E-state index contributed by atoms with van der Waals surface area (Å²) in [5, 5.41) is 3.97. The number of benzene rings is 1. The maximum atomic E-state index is 5.91. The lowest BCUT2D eigenvalue weighted by molar-refractivity contribution is 0.402. The minimum Gasteiger partial charge on any atom is -0.398 e. The molecule has 0 saturated heterocycles. The zero-order valence-corrected chi connectivity index (χ0v) is 11.6. The van der Waals surface area contributed by atoms with Crippen LogP contribution in [0.2, 0.25) is 0 Å². The van der Waals surface area contributed by atoms with Gasteiger partial charge in [-0.05, 0) is 18.2 Å². The lowest BCUT2D eigenvalue weighted by atomic mass is 9.96. The van der Waals surface area contributed by atoms with Gasteiger partial charge in [0, 0.05) is 15.6 Å². The molecule has 0 atom stereocenters. The van der Waals surface area contributed by atoms with Crippen LogP contribution in [-0.2, 0) is 5.41 Å². The van der Waals surface area contributed by atoms with Crippen molar-refractivity contribution in [2.75, 3.05) is 5.73 Å². The highest BCUT2D eigenvalue weighted by Gasteiger charge is 2.22. The summed E-state index contributed by atoms with van der Waals surface area (Å²) in [4.78, 5) is 4.37. The third-order valence-corrected chi connectivity index (χ3v) is 2.83. The van der Waals surface area contributed by atoms with Gasteiger partial charge in [0.1, 0.15) is 0 Å². The number of hydrogen-bond donors (Lipinski definition) is 1. The smallest absolute Gasteiger partial charge is 0.260 e. The highest BCUT2D eigenvalue weighted by molar-refractivity contribution is 9.10. The Kier molecular flexibility index (Phi) is 2.95. The first-order valence-corrected chi connectivity index (χ1v) is 6.07. The molecule has 0 bridgehead atoms. The number of nitrogens with zero attached hydrogens (tertiary/aromatic N) is 2. The largest absolute Gasteiger partial charge is 0.398 e. The van der Waals surface area contributed by atoms with Gasteiger partial charge in [-0.2, -0.15) is 4.98 Å². The summed E-state index contributed by atoms with van der Waals surface area (Å²) in [5.74, 6) is 1.13. The van der Waals surface area contributed by atoms with E-state index in [-0.39, 0.29) is 5.41 Å². The molecular weight excluding hydrogens is 282 g/mol. The van der Waals surface area contributed by atoms with Crippen LogP contribution in [0.5, 0.6) is 0 Å². The van der Waals surface area contributed by atoms with E-state index < -0.39 is 0 Å². The van der Waals surface area contributed by atoms with Crippen molar-refractivity contribution in [2.45, 2.75) is 26.2 Å². The number of rotatable bonds is 1. The Balaban J connectivity index is 2.44. The second-order valence-corrected chi connectivity index (χ2v) is 5.82. The molecular formula is C12H14BrN3O. The summed E-state index contributed by atoms with van der Waals surface area (Å²) in [5.41, 5.74) is 7.16. The minimum atomic E-state index is -0.133. The van der Waals surface area contributed by atoms with Crippen molar-refractivity contribution in [3.05, 3.63) is 28.5 Å². The van der Waals surface area contributed by atoms with Gasteiger partial charge in [-0.25, -0.2) is 0 Å². The molecule has 1 heterocycles. The van der Waals surface area contributed by atoms with Crippen LogP contribution in [0.1, 0.15) is 26.6 Å². The summed E-state index contributed by atoms with van der Waals surface area (Å²) in [6, 6.07) is 5.57. The van der Waals surface area contributed by atoms with E-state index in [0.29, 0.717) is 17.4 Å². The lowest BCUT2D eigenvalue weighted by Crippen LogP contribution is -2.13. The molecule has 2 rings (SSSR count). The van der Waals surface area contributed by atoms with E-state index in [1.165, 1.54) is 0 Å². The fraction of sp³-hybridized carbons (Fsp3) is 0.333. The molecule has 0 fully saturated rings. The predicted octanol–water partition coefficient (Wildman–Crippen LogP) is 3.38. The summed E-state index contributed by atoms with van der Waals surface area (Å²) in [6.07, 6.45) is 0. The Morgan fingerprint density at radius 1 is 1.29 bits per heavy atom. The van der Waals surface area contributed by atoms with Crippen LogP contribution in [0.3, 0.4) is 0 Å². The predicted molar refractivity (Wildman–Crippen MR) is 70.5 cm³/mol. The Morgan fingerprint density at radius 2 is 2.00 bits per heavy atom. The average Bonchev–Trinajstić information content (AvgIpc) is 2.65. The van der Waals surface area contributed by atoms with Crippen LogP contribution >= 0.6 is 15.9 Å². The molecule has 2 N–H and O–H groups in total. The van der Waals surface area contributed by atoms with Gasteiger partial charge in [-0.1, -0.05) is 41.9 Å². The van der Waals surface area contributed by atoms with Crippen molar-refractivity contribution < 1.29 is 4.52 Å². The van der Waals surface area contributed by atoms with Crippen molar-refractivity contribution in [1.82, 2.24) is 10.1 Å². The fourth-order valence-electron chi connectivity index (χ4n) is 1.37. The van der Waals surface area contributed by atoms with Crippen molar-refractivity contribution in [3.63, 3.8) is 0 Å². The first-order valence-electron chi connectivity index (χ1n) is 5.27. The summed E-state index contributed by atoms with van der Waals surface area (Å²) < 4.78 is 6.17. The van der Waals surface area contributed by atoms with E-state index >= 15 is 0 Å². The normalized spacial score (nSPS) is 11.8. The number of halogens is 1. The molecule has 17 heavy (non-hydrogen) atoms. The van der Waals surface area contributed by atoms with Gasteiger partial charge in [0.25, 0.3) is 5.89 Å². The van der Waals surface area contributed by atoms with Crippen LogP contribution < -0.4 is 5.73 Å². The summed E-state index contributed by atoms with van der Waals surface area (Å²) >= 11 is 3.36. The van der Waals surface area contributed by atoms with Crippen molar-refractivity contribution in [2.24, 2.45) is 0 Å². The topological polar surface area (TPSA) is 64.9 Å². The molecule has 0 aliphatic heterocycles. The van der Waals surface area contributed by atoms with E-state index in [0.717, 1.165) is 10.0 Å². The molecule has 0 radical (unpaired) electrons. The van der Waals surface area contributed by atoms with Gasteiger partial charge in [-0.3, -0.25) is 0 Å². The van der Waals surface area contributed by atoms with Crippen molar-refractivity contribution >= 4 is 21.6 Å². The zero-order chi connectivity index (χ0) is 12.6. The highest BCUT2D eigenvalue weighted by Crippen LogP contribution is 2.29. The average molecular weight is 296 g/mol. The SMILES string of the molecule is CC(C)(C)c1noc(-c2ccc(Br)cc2N)n1. The van der Waals surface area contributed by atoms with Gasteiger partial charge in [0.2, 0.25) is 0 Å². The monoisotopic (exact) mass is 295 g/mol. The first kappa shape index (κ1) is 12.1. The Bertz CT molecular complexity index is 543. The van der Waals surface area contributed by atoms with Crippen LogP contribution in [0.4, 0.5) is 5.69 Å². The van der Waals surface area contributed by atoms with Gasteiger partial charge in [0.15, 0.2) is 5.82 Å².